The van der Waals surface area contributed by atoms with Gasteiger partial charge >= 0.3 is 0 Å². The van der Waals surface area contributed by atoms with Gasteiger partial charge in [0.1, 0.15) is 0 Å². The number of rotatable bonds is 4. The molecule has 0 aliphatic rings. The molecule has 0 radical (unpaired) electrons. The van der Waals surface area contributed by atoms with Gasteiger partial charge in [-0.25, -0.2) is 4.83 Å². The Kier molecular flexibility index (Phi) is 5.03. The topological polar surface area (TPSA) is 58.5 Å². The van der Waals surface area contributed by atoms with E-state index in [0.29, 0.717) is 10.6 Å². The summed E-state index contributed by atoms with van der Waals surface area (Å²) in [6, 6.07) is 11.7. The second-order valence-corrected chi connectivity index (χ2v) is 7.28. The van der Waals surface area contributed by atoms with Crippen LogP contribution in [0.1, 0.15) is 11.1 Å². The van der Waals surface area contributed by atoms with E-state index in [-0.39, 0.29) is 4.90 Å². The van der Waals surface area contributed by atoms with Gasteiger partial charge in [0, 0.05) is 15.1 Å². The fraction of sp³-hybridized carbons (Fsp3) is 0.0714. The molecule has 0 aliphatic carbocycles. The summed E-state index contributed by atoms with van der Waals surface area (Å²) in [4.78, 5) is 2.34. The number of halogens is 2. The second-order valence-electron chi connectivity index (χ2n) is 4.33. The smallest absolute Gasteiger partial charge is 0.200 e. The summed E-state index contributed by atoms with van der Waals surface area (Å²) in [5, 5.41) is 4.35. The number of sulfonamides is 1. The van der Waals surface area contributed by atoms with Crippen LogP contribution in [0.15, 0.2) is 56.9 Å². The molecule has 0 bridgehead atoms. The number of benzene rings is 2. The predicted octanol–water partition coefficient (Wildman–Crippen LogP) is 3.72. The fourth-order valence-electron chi connectivity index (χ4n) is 1.54. The largest absolute Gasteiger partial charge is 0.276 e. The molecular formula is C14H12BrClN2O2S. The quantitative estimate of drug-likeness (QED) is 0.642. The van der Waals surface area contributed by atoms with Crippen LogP contribution in [-0.2, 0) is 10.0 Å². The molecule has 2 aromatic rings. The third-order valence-corrected chi connectivity index (χ3v) is 4.83. The lowest BCUT2D eigenvalue weighted by Gasteiger charge is -2.04. The molecule has 0 saturated heterocycles. The molecule has 0 spiro atoms. The molecule has 110 valence electrons. The van der Waals surface area contributed by atoms with Crippen LogP contribution in [0.2, 0.25) is 5.02 Å². The van der Waals surface area contributed by atoms with Gasteiger partial charge in [0.05, 0.1) is 11.1 Å². The van der Waals surface area contributed by atoms with Gasteiger partial charge < -0.3 is 0 Å². The zero-order valence-electron chi connectivity index (χ0n) is 11.0. The molecule has 0 aromatic heterocycles. The minimum atomic E-state index is -3.66. The van der Waals surface area contributed by atoms with Crippen LogP contribution < -0.4 is 4.83 Å². The zero-order chi connectivity index (χ0) is 15.5. The maximum Gasteiger partial charge on any atom is 0.276 e. The van der Waals surface area contributed by atoms with Crippen LogP contribution >= 0.6 is 27.5 Å². The Morgan fingerprint density at radius 1 is 1.19 bits per heavy atom. The highest BCUT2D eigenvalue weighted by atomic mass is 79.9. The molecule has 2 aromatic carbocycles. The van der Waals surface area contributed by atoms with Crippen molar-refractivity contribution in [1.82, 2.24) is 4.83 Å². The number of nitrogens with zero attached hydrogens (tertiary/aromatic N) is 1. The van der Waals surface area contributed by atoms with Crippen LogP contribution in [-0.4, -0.2) is 14.6 Å². The number of hydrogen-bond donors (Lipinski definition) is 1. The van der Waals surface area contributed by atoms with E-state index < -0.39 is 10.0 Å². The minimum absolute atomic E-state index is 0.167. The average Bonchev–Trinajstić information content (AvgIpc) is 2.41. The van der Waals surface area contributed by atoms with Gasteiger partial charge in [0.2, 0.25) is 0 Å². The summed E-state index contributed by atoms with van der Waals surface area (Å²) in [5.41, 5.74) is 1.70. The normalized spacial score (nSPS) is 11.8. The van der Waals surface area contributed by atoms with Crippen molar-refractivity contribution in [3.63, 3.8) is 0 Å². The lowest BCUT2D eigenvalue weighted by Crippen LogP contribution is -2.18. The zero-order valence-corrected chi connectivity index (χ0v) is 14.2. The molecule has 0 aliphatic heterocycles. The van der Waals surface area contributed by atoms with Crippen LogP contribution in [0.5, 0.6) is 0 Å². The van der Waals surface area contributed by atoms with Crippen molar-refractivity contribution in [2.24, 2.45) is 5.10 Å². The SMILES string of the molecule is Cc1ccc(S(=O)(=O)NN=Cc2ccc(Cl)cc2Br)cc1. The monoisotopic (exact) mass is 386 g/mol. The Morgan fingerprint density at radius 2 is 1.86 bits per heavy atom. The molecule has 0 unspecified atom stereocenters. The highest BCUT2D eigenvalue weighted by Gasteiger charge is 2.11. The third-order valence-electron chi connectivity index (χ3n) is 2.67. The first-order valence-corrected chi connectivity index (χ1v) is 8.60. The second kappa shape index (κ2) is 6.60. The lowest BCUT2D eigenvalue weighted by molar-refractivity contribution is 0.584. The van der Waals surface area contributed by atoms with Crippen molar-refractivity contribution in [3.8, 4) is 0 Å². The first kappa shape index (κ1) is 16.0. The van der Waals surface area contributed by atoms with Crippen molar-refractivity contribution >= 4 is 43.8 Å². The molecule has 0 amide bonds. The van der Waals surface area contributed by atoms with E-state index in [1.807, 2.05) is 6.92 Å². The molecule has 0 heterocycles. The Hall–Kier alpha value is -1.37. The first-order chi connectivity index (χ1) is 9.88. The molecular weight excluding hydrogens is 376 g/mol. The minimum Gasteiger partial charge on any atom is -0.200 e. The Bertz CT molecular complexity index is 774. The molecule has 21 heavy (non-hydrogen) atoms. The standard InChI is InChI=1S/C14H12BrClN2O2S/c1-10-2-6-13(7-3-10)21(19,20)18-17-9-11-4-5-12(16)8-14(11)15/h2-9,18H,1H3. The highest BCUT2D eigenvalue weighted by molar-refractivity contribution is 9.10. The van der Waals surface area contributed by atoms with E-state index in [2.05, 4.69) is 25.9 Å². The number of hydrogen-bond acceptors (Lipinski definition) is 3. The van der Waals surface area contributed by atoms with Crippen molar-refractivity contribution < 1.29 is 8.42 Å². The number of nitrogens with one attached hydrogen (secondary N) is 1. The van der Waals surface area contributed by atoms with Crippen molar-refractivity contribution in [3.05, 3.63) is 63.1 Å². The van der Waals surface area contributed by atoms with Crippen LogP contribution in [0.4, 0.5) is 0 Å². The van der Waals surface area contributed by atoms with E-state index in [1.54, 1.807) is 30.3 Å². The maximum absolute atomic E-state index is 12.0. The van der Waals surface area contributed by atoms with Gasteiger partial charge in [-0.3, -0.25) is 0 Å². The molecule has 0 fully saturated rings. The van der Waals surface area contributed by atoms with Gasteiger partial charge in [-0.2, -0.15) is 13.5 Å². The highest BCUT2D eigenvalue weighted by Crippen LogP contribution is 2.20. The van der Waals surface area contributed by atoms with E-state index in [1.165, 1.54) is 18.3 Å². The number of hydrazone groups is 1. The van der Waals surface area contributed by atoms with Crippen LogP contribution in [0.25, 0.3) is 0 Å². The molecule has 0 atom stereocenters. The van der Waals surface area contributed by atoms with Gasteiger partial charge in [-0.05, 0) is 31.2 Å². The first-order valence-electron chi connectivity index (χ1n) is 5.95. The third kappa shape index (κ3) is 4.30. The predicted molar refractivity (Wildman–Crippen MR) is 88.2 cm³/mol. The summed E-state index contributed by atoms with van der Waals surface area (Å²) in [6.07, 6.45) is 1.41. The Balaban J connectivity index is 2.14. The summed E-state index contributed by atoms with van der Waals surface area (Å²) >= 11 is 9.16. The van der Waals surface area contributed by atoms with Crippen molar-refractivity contribution in [2.45, 2.75) is 11.8 Å². The van der Waals surface area contributed by atoms with E-state index in [4.69, 9.17) is 11.6 Å². The van der Waals surface area contributed by atoms with Gasteiger partial charge in [0.25, 0.3) is 10.0 Å². The summed E-state index contributed by atoms with van der Waals surface area (Å²) in [6.45, 7) is 1.89. The number of aryl methyl sites for hydroxylation is 1. The van der Waals surface area contributed by atoms with E-state index in [0.717, 1.165) is 10.0 Å². The van der Waals surface area contributed by atoms with E-state index >= 15 is 0 Å². The van der Waals surface area contributed by atoms with Gasteiger partial charge in [-0.1, -0.05) is 51.3 Å². The molecule has 1 N–H and O–H groups in total. The average molecular weight is 388 g/mol. The lowest BCUT2D eigenvalue weighted by atomic mass is 10.2. The molecule has 0 saturated carbocycles. The Labute approximate surface area is 137 Å². The summed E-state index contributed by atoms with van der Waals surface area (Å²) < 4.78 is 24.8. The summed E-state index contributed by atoms with van der Waals surface area (Å²) in [5.74, 6) is 0. The van der Waals surface area contributed by atoms with Crippen LogP contribution in [0, 0.1) is 6.92 Å². The molecule has 2 rings (SSSR count). The maximum atomic E-state index is 12.0. The molecule has 7 heteroatoms. The summed E-state index contributed by atoms with van der Waals surface area (Å²) in [7, 11) is -3.66. The van der Waals surface area contributed by atoms with Crippen LogP contribution in [0.3, 0.4) is 0 Å². The Morgan fingerprint density at radius 3 is 2.48 bits per heavy atom. The fourth-order valence-corrected chi connectivity index (χ4v) is 3.12. The van der Waals surface area contributed by atoms with Gasteiger partial charge in [-0.15, -0.1) is 0 Å². The van der Waals surface area contributed by atoms with Crippen molar-refractivity contribution in [1.29, 1.82) is 0 Å². The molecule has 4 nitrogen and oxygen atoms in total. The van der Waals surface area contributed by atoms with Crippen molar-refractivity contribution in [2.75, 3.05) is 0 Å². The van der Waals surface area contributed by atoms with E-state index in [9.17, 15) is 8.42 Å². The van der Waals surface area contributed by atoms with Gasteiger partial charge in [0.15, 0.2) is 0 Å².